The molecular formula is C82H160O17P2. The highest BCUT2D eigenvalue weighted by molar-refractivity contribution is 7.47. The smallest absolute Gasteiger partial charge is 0.462 e. The highest BCUT2D eigenvalue weighted by Crippen LogP contribution is 2.45. The number of phosphoric ester groups is 2. The Kier molecular flexibility index (Phi) is 70.9. The second-order valence-electron chi connectivity index (χ2n) is 30.7. The van der Waals surface area contributed by atoms with Crippen molar-refractivity contribution in [2.45, 2.75) is 446 Å². The number of rotatable bonds is 80. The van der Waals surface area contributed by atoms with E-state index in [9.17, 15) is 43.2 Å². The first-order valence-corrected chi connectivity index (χ1v) is 45.4. The van der Waals surface area contributed by atoms with Gasteiger partial charge in [0.1, 0.15) is 19.3 Å². The van der Waals surface area contributed by atoms with Gasteiger partial charge in [-0.25, -0.2) is 9.13 Å². The van der Waals surface area contributed by atoms with Gasteiger partial charge < -0.3 is 33.8 Å². The number of ether oxygens (including phenoxy) is 4. The lowest BCUT2D eigenvalue weighted by Gasteiger charge is -2.21. The predicted molar refractivity (Wildman–Crippen MR) is 414 cm³/mol. The molecule has 6 atom stereocenters. The third-order valence-corrected chi connectivity index (χ3v) is 21.4. The fourth-order valence-corrected chi connectivity index (χ4v) is 14.2. The van der Waals surface area contributed by atoms with Crippen molar-refractivity contribution in [2.24, 2.45) is 17.8 Å². The van der Waals surface area contributed by atoms with Crippen LogP contribution in [0.1, 0.15) is 427 Å². The number of carbonyl (C=O) groups is 4. The number of hydrogen-bond acceptors (Lipinski definition) is 15. The van der Waals surface area contributed by atoms with Crippen LogP contribution in [0.3, 0.4) is 0 Å². The van der Waals surface area contributed by atoms with E-state index in [4.69, 9.17) is 37.0 Å². The Hall–Kier alpha value is -1.94. The fourth-order valence-electron chi connectivity index (χ4n) is 12.6. The van der Waals surface area contributed by atoms with Gasteiger partial charge in [-0.15, -0.1) is 0 Å². The summed E-state index contributed by atoms with van der Waals surface area (Å²) in [7, 11) is -9.92. The van der Waals surface area contributed by atoms with Crippen LogP contribution < -0.4 is 0 Å². The predicted octanol–water partition coefficient (Wildman–Crippen LogP) is 24.5. The molecule has 0 radical (unpaired) electrons. The Morgan fingerprint density at radius 3 is 0.752 bits per heavy atom. The van der Waals surface area contributed by atoms with Crippen molar-refractivity contribution in [3.63, 3.8) is 0 Å². The number of hydrogen-bond donors (Lipinski definition) is 3. The van der Waals surface area contributed by atoms with Crippen LogP contribution >= 0.6 is 15.6 Å². The molecule has 101 heavy (non-hydrogen) atoms. The van der Waals surface area contributed by atoms with Crippen molar-refractivity contribution < 1.29 is 80.2 Å². The van der Waals surface area contributed by atoms with E-state index in [-0.39, 0.29) is 25.7 Å². The quantitative estimate of drug-likeness (QED) is 0.0222. The van der Waals surface area contributed by atoms with Crippen LogP contribution in [-0.4, -0.2) is 96.7 Å². The van der Waals surface area contributed by atoms with Gasteiger partial charge in [0.05, 0.1) is 26.4 Å². The van der Waals surface area contributed by atoms with Gasteiger partial charge in [0.25, 0.3) is 0 Å². The molecule has 0 spiro atoms. The average Bonchev–Trinajstić information content (AvgIpc) is 0.994. The Bertz CT molecular complexity index is 1960. The summed E-state index contributed by atoms with van der Waals surface area (Å²) in [4.78, 5) is 73.0. The van der Waals surface area contributed by atoms with E-state index in [2.05, 4.69) is 48.5 Å². The molecule has 19 heteroatoms. The lowest BCUT2D eigenvalue weighted by Crippen LogP contribution is -2.30. The molecule has 3 unspecified atom stereocenters. The van der Waals surface area contributed by atoms with E-state index in [1.165, 1.54) is 231 Å². The highest BCUT2D eigenvalue weighted by Gasteiger charge is 2.30. The van der Waals surface area contributed by atoms with Crippen LogP contribution in [0.15, 0.2) is 0 Å². The molecular weight excluding hydrogens is 1320 g/mol. The minimum absolute atomic E-state index is 0.107. The number of aliphatic hydroxyl groups excluding tert-OH is 1. The van der Waals surface area contributed by atoms with Gasteiger partial charge in [0.2, 0.25) is 0 Å². The molecule has 0 aromatic carbocycles. The van der Waals surface area contributed by atoms with Gasteiger partial charge in [-0.1, -0.05) is 376 Å². The fraction of sp³-hybridized carbons (Fsp3) is 0.951. The Morgan fingerprint density at radius 1 is 0.287 bits per heavy atom. The SMILES string of the molecule is CCCCCCCCCCCCCCCCCCCC(=O)O[C@H](COC(=O)CCCCCCCCC(C)C)COP(=O)(O)OC[C@H](O)COP(=O)(O)OC[C@@H](COC(=O)CCCCCCCCCCCCCCCCC(C)C)OC(=O)CCCCCCCCCCCCCCCCC(C)CC. The molecule has 600 valence electrons. The van der Waals surface area contributed by atoms with Gasteiger partial charge >= 0.3 is 39.5 Å². The molecule has 17 nitrogen and oxygen atoms in total. The van der Waals surface area contributed by atoms with Crippen molar-refractivity contribution in [3.05, 3.63) is 0 Å². The summed E-state index contributed by atoms with van der Waals surface area (Å²) in [6.45, 7) is 11.9. The van der Waals surface area contributed by atoms with Gasteiger partial charge in [-0.05, 0) is 43.4 Å². The van der Waals surface area contributed by atoms with Crippen molar-refractivity contribution in [1.29, 1.82) is 0 Å². The van der Waals surface area contributed by atoms with E-state index >= 15 is 0 Å². The lowest BCUT2D eigenvalue weighted by atomic mass is 9.99. The number of aliphatic hydroxyl groups is 1. The monoisotopic (exact) mass is 1480 g/mol. The molecule has 0 heterocycles. The van der Waals surface area contributed by atoms with Crippen LogP contribution in [-0.2, 0) is 65.4 Å². The maximum absolute atomic E-state index is 13.1. The largest absolute Gasteiger partial charge is 0.472 e. The summed E-state index contributed by atoms with van der Waals surface area (Å²) >= 11 is 0. The van der Waals surface area contributed by atoms with Crippen LogP contribution in [0.4, 0.5) is 0 Å². The van der Waals surface area contributed by atoms with Crippen LogP contribution in [0.5, 0.6) is 0 Å². The number of phosphoric acid groups is 2. The summed E-state index contributed by atoms with van der Waals surface area (Å²) < 4.78 is 68.7. The number of carbonyl (C=O) groups excluding carboxylic acids is 4. The molecule has 0 rings (SSSR count). The van der Waals surface area contributed by atoms with Crippen LogP contribution in [0.2, 0.25) is 0 Å². The molecule has 0 bridgehead atoms. The zero-order chi connectivity index (χ0) is 74.4. The minimum Gasteiger partial charge on any atom is -0.462 e. The van der Waals surface area contributed by atoms with E-state index in [1.54, 1.807) is 0 Å². The Balaban J connectivity index is 5.23. The summed E-state index contributed by atoms with van der Waals surface area (Å²) in [6, 6.07) is 0. The van der Waals surface area contributed by atoms with Crippen molar-refractivity contribution in [2.75, 3.05) is 39.6 Å². The molecule has 0 aliphatic carbocycles. The maximum Gasteiger partial charge on any atom is 0.472 e. The second kappa shape index (κ2) is 72.3. The Morgan fingerprint density at radius 2 is 0.505 bits per heavy atom. The first-order chi connectivity index (χ1) is 48.8. The molecule has 0 fully saturated rings. The maximum atomic E-state index is 13.1. The zero-order valence-corrected chi connectivity index (χ0v) is 68.2. The molecule has 0 aliphatic heterocycles. The zero-order valence-electron chi connectivity index (χ0n) is 66.4. The third-order valence-electron chi connectivity index (χ3n) is 19.5. The first-order valence-electron chi connectivity index (χ1n) is 42.4. The van der Waals surface area contributed by atoms with E-state index in [0.29, 0.717) is 31.6 Å². The second-order valence-corrected chi connectivity index (χ2v) is 33.6. The molecule has 0 aromatic heterocycles. The van der Waals surface area contributed by atoms with Gasteiger partial charge in [-0.3, -0.25) is 37.3 Å². The third kappa shape index (κ3) is 74.7. The number of unbranched alkanes of at least 4 members (excludes halogenated alkanes) is 47. The van der Waals surface area contributed by atoms with Gasteiger partial charge in [-0.2, -0.15) is 0 Å². The van der Waals surface area contributed by atoms with Crippen molar-refractivity contribution in [1.82, 2.24) is 0 Å². The normalized spacial score (nSPS) is 14.2. The molecule has 0 aromatic rings. The summed E-state index contributed by atoms with van der Waals surface area (Å²) in [5.41, 5.74) is 0. The average molecular weight is 1480 g/mol. The molecule has 0 amide bonds. The van der Waals surface area contributed by atoms with E-state index < -0.39 is 97.5 Å². The van der Waals surface area contributed by atoms with Gasteiger partial charge in [0.15, 0.2) is 12.2 Å². The molecule has 0 saturated carbocycles. The summed E-state index contributed by atoms with van der Waals surface area (Å²) in [5, 5.41) is 10.6. The van der Waals surface area contributed by atoms with Gasteiger partial charge in [0, 0.05) is 25.7 Å². The van der Waals surface area contributed by atoms with Crippen LogP contribution in [0, 0.1) is 17.8 Å². The molecule has 3 N–H and O–H groups in total. The minimum atomic E-state index is -4.96. The number of esters is 4. The molecule has 0 saturated heterocycles. The summed E-state index contributed by atoms with van der Waals surface area (Å²) in [5.74, 6) is 0.214. The lowest BCUT2D eigenvalue weighted by molar-refractivity contribution is -0.161. The van der Waals surface area contributed by atoms with E-state index in [0.717, 1.165) is 108 Å². The highest BCUT2D eigenvalue weighted by atomic mass is 31.2. The van der Waals surface area contributed by atoms with Crippen LogP contribution in [0.25, 0.3) is 0 Å². The Labute approximate surface area is 619 Å². The van der Waals surface area contributed by atoms with Crippen molar-refractivity contribution in [3.8, 4) is 0 Å². The first kappa shape index (κ1) is 99.1. The molecule has 0 aliphatic rings. The summed E-state index contributed by atoms with van der Waals surface area (Å²) in [6.07, 6.45) is 61.1. The van der Waals surface area contributed by atoms with Crippen molar-refractivity contribution >= 4 is 39.5 Å². The van der Waals surface area contributed by atoms with E-state index in [1.807, 2.05) is 0 Å². The standard InChI is InChI=1S/C82H160O17P2/c1-8-10-11-12-13-14-15-16-17-18-19-27-32-37-42-51-58-66-82(87)99-78(70-93-80(85)64-57-50-45-44-47-54-61-74(5)6)72-97-101(90,91)95-68-76(83)67-94-100(88,89)96-71-77(69-92-79(84)63-56-49-41-36-31-26-22-20-24-29-34-39-46-53-60-73(3)4)98-81(86)65-59-52-43-38-33-28-23-21-25-30-35-40-48-55-62-75(7)9-2/h73-78,83H,8-72H2,1-7H3,(H,88,89)(H,90,91)/t75?,76-,77-,78-/m1/s1. The topological polar surface area (TPSA) is 237 Å².